The zero-order valence-corrected chi connectivity index (χ0v) is 11.4. The van der Waals surface area contributed by atoms with E-state index in [1.807, 2.05) is 49.0 Å². The van der Waals surface area contributed by atoms with E-state index in [9.17, 15) is 0 Å². The molecule has 0 aliphatic carbocycles. The standard InChI is InChI=1S/C15H17N3O/c1-11-4-5-14(15(6-11)19-3)17-9-12-7-13(8-16)18(2)10-12/h4-7,10,17H,9H2,1-3H3. The van der Waals surface area contributed by atoms with Gasteiger partial charge >= 0.3 is 0 Å². The molecule has 0 saturated carbocycles. The van der Waals surface area contributed by atoms with Crippen molar-refractivity contribution in [3.63, 3.8) is 0 Å². The van der Waals surface area contributed by atoms with Crippen LogP contribution in [0, 0.1) is 18.3 Å². The summed E-state index contributed by atoms with van der Waals surface area (Å²) in [6, 6.07) is 10.1. The molecule has 1 heterocycles. The van der Waals surface area contributed by atoms with Gasteiger partial charge in [-0.2, -0.15) is 5.26 Å². The molecular formula is C15H17N3O. The molecule has 1 aromatic heterocycles. The van der Waals surface area contributed by atoms with Gasteiger partial charge in [0, 0.05) is 19.8 Å². The maximum atomic E-state index is 8.92. The van der Waals surface area contributed by atoms with Crippen molar-refractivity contribution < 1.29 is 4.74 Å². The maximum absolute atomic E-state index is 8.92. The van der Waals surface area contributed by atoms with Crippen LogP contribution in [0.25, 0.3) is 0 Å². The largest absolute Gasteiger partial charge is 0.495 e. The van der Waals surface area contributed by atoms with Gasteiger partial charge < -0.3 is 14.6 Å². The molecule has 0 saturated heterocycles. The van der Waals surface area contributed by atoms with Gasteiger partial charge in [0.1, 0.15) is 17.5 Å². The van der Waals surface area contributed by atoms with Gasteiger partial charge in [-0.1, -0.05) is 6.07 Å². The Morgan fingerprint density at radius 1 is 1.37 bits per heavy atom. The van der Waals surface area contributed by atoms with Crippen LogP contribution in [0.4, 0.5) is 5.69 Å². The summed E-state index contributed by atoms with van der Waals surface area (Å²) in [5.74, 6) is 0.830. The minimum absolute atomic E-state index is 0.660. The van der Waals surface area contributed by atoms with E-state index in [2.05, 4.69) is 11.4 Å². The Bertz CT molecular complexity index is 623. The zero-order valence-electron chi connectivity index (χ0n) is 11.4. The summed E-state index contributed by atoms with van der Waals surface area (Å²) in [5.41, 5.74) is 3.85. The first kappa shape index (κ1) is 13.0. The Labute approximate surface area is 113 Å². The molecule has 0 amide bonds. The molecule has 2 aromatic rings. The molecule has 2 rings (SSSR count). The Balaban J connectivity index is 2.12. The Hall–Kier alpha value is -2.41. The second-order valence-electron chi connectivity index (χ2n) is 4.51. The molecule has 0 bridgehead atoms. The predicted molar refractivity (Wildman–Crippen MR) is 75.2 cm³/mol. The third-order valence-electron chi connectivity index (χ3n) is 3.02. The van der Waals surface area contributed by atoms with Crippen LogP contribution in [0.2, 0.25) is 0 Å². The van der Waals surface area contributed by atoms with Crippen LogP contribution in [0.1, 0.15) is 16.8 Å². The minimum Gasteiger partial charge on any atom is -0.495 e. The van der Waals surface area contributed by atoms with Crippen molar-refractivity contribution in [2.24, 2.45) is 7.05 Å². The number of methoxy groups -OCH3 is 1. The molecule has 1 N–H and O–H groups in total. The van der Waals surface area contributed by atoms with Gasteiger partial charge in [-0.25, -0.2) is 0 Å². The first-order valence-corrected chi connectivity index (χ1v) is 6.08. The van der Waals surface area contributed by atoms with Gasteiger partial charge in [0.15, 0.2) is 0 Å². The summed E-state index contributed by atoms with van der Waals surface area (Å²) >= 11 is 0. The molecule has 0 aliphatic heterocycles. The van der Waals surface area contributed by atoms with Crippen molar-refractivity contribution in [2.45, 2.75) is 13.5 Å². The van der Waals surface area contributed by atoms with E-state index in [1.165, 1.54) is 0 Å². The number of aromatic nitrogens is 1. The number of hydrogen-bond donors (Lipinski definition) is 1. The van der Waals surface area contributed by atoms with Crippen molar-refractivity contribution in [1.82, 2.24) is 4.57 Å². The number of nitriles is 1. The molecule has 0 spiro atoms. The van der Waals surface area contributed by atoms with Crippen LogP contribution in [-0.4, -0.2) is 11.7 Å². The van der Waals surface area contributed by atoms with Crippen LogP contribution in [-0.2, 0) is 13.6 Å². The van der Waals surface area contributed by atoms with E-state index >= 15 is 0 Å². The van der Waals surface area contributed by atoms with Crippen molar-refractivity contribution in [2.75, 3.05) is 12.4 Å². The van der Waals surface area contributed by atoms with Gasteiger partial charge in [-0.15, -0.1) is 0 Å². The lowest BCUT2D eigenvalue weighted by atomic mass is 10.2. The Kier molecular flexibility index (Phi) is 3.76. The highest BCUT2D eigenvalue weighted by atomic mass is 16.5. The summed E-state index contributed by atoms with van der Waals surface area (Å²) in [5, 5.41) is 12.2. The Morgan fingerprint density at radius 3 is 2.79 bits per heavy atom. The first-order valence-electron chi connectivity index (χ1n) is 6.08. The highest BCUT2D eigenvalue weighted by molar-refractivity contribution is 5.57. The number of aryl methyl sites for hydroxylation is 2. The molecule has 0 radical (unpaired) electrons. The smallest absolute Gasteiger partial charge is 0.142 e. The highest BCUT2D eigenvalue weighted by Crippen LogP contribution is 2.25. The number of rotatable bonds is 4. The average molecular weight is 255 g/mol. The molecule has 4 heteroatoms. The minimum atomic E-state index is 0.660. The second kappa shape index (κ2) is 5.49. The van der Waals surface area contributed by atoms with Crippen molar-refractivity contribution in [3.8, 4) is 11.8 Å². The number of anilines is 1. The van der Waals surface area contributed by atoms with E-state index in [-0.39, 0.29) is 0 Å². The third kappa shape index (κ3) is 2.89. The van der Waals surface area contributed by atoms with Crippen LogP contribution in [0.15, 0.2) is 30.5 Å². The lowest BCUT2D eigenvalue weighted by Gasteiger charge is -2.11. The van der Waals surface area contributed by atoms with Gasteiger partial charge in [0.25, 0.3) is 0 Å². The van der Waals surface area contributed by atoms with Gasteiger partial charge in [-0.05, 0) is 36.2 Å². The number of ether oxygens (including phenoxy) is 1. The summed E-state index contributed by atoms with van der Waals surface area (Å²) in [7, 11) is 3.53. The second-order valence-corrected chi connectivity index (χ2v) is 4.51. The molecule has 4 nitrogen and oxygen atoms in total. The summed E-state index contributed by atoms with van der Waals surface area (Å²) < 4.78 is 7.17. The zero-order chi connectivity index (χ0) is 13.8. The number of nitrogens with zero attached hydrogens (tertiary/aromatic N) is 2. The molecule has 0 atom stereocenters. The monoisotopic (exact) mass is 255 g/mol. The Morgan fingerprint density at radius 2 is 2.16 bits per heavy atom. The normalized spacial score (nSPS) is 10.0. The molecule has 0 unspecified atom stereocenters. The summed E-state index contributed by atoms with van der Waals surface area (Å²) in [6.45, 7) is 2.69. The maximum Gasteiger partial charge on any atom is 0.142 e. The lowest BCUT2D eigenvalue weighted by Crippen LogP contribution is -2.00. The van der Waals surface area contributed by atoms with E-state index < -0.39 is 0 Å². The molecule has 0 fully saturated rings. The van der Waals surface area contributed by atoms with Crippen molar-refractivity contribution in [3.05, 3.63) is 47.3 Å². The average Bonchev–Trinajstić information content (AvgIpc) is 2.77. The van der Waals surface area contributed by atoms with E-state index in [0.29, 0.717) is 12.2 Å². The van der Waals surface area contributed by atoms with E-state index in [0.717, 1.165) is 22.6 Å². The predicted octanol–water partition coefficient (Wildman–Crippen LogP) is 2.83. The number of hydrogen-bond acceptors (Lipinski definition) is 3. The fraction of sp³-hybridized carbons (Fsp3) is 0.267. The molecule has 98 valence electrons. The van der Waals surface area contributed by atoms with Gasteiger partial charge in [0.05, 0.1) is 12.8 Å². The quantitative estimate of drug-likeness (QED) is 0.914. The van der Waals surface area contributed by atoms with Crippen molar-refractivity contribution in [1.29, 1.82) is 5.26 Å². The topological polar surface area (TPSA) is 50.0 Å². The molecular weight excluding hydrogens is 238 g/mol. The van der Waals surface area contributed by atoms with Crippen LogP contribution >= 0.6 is 0 Å². The van der Waals surface area contributed by atoms with E-state index in [4.69, 9.17) is 10.00 Å². The van der Waals surface area contributed by atoms with Gasteiger partial charge in [-0.3, -0.25) is 0 Å². The third-order valence-corrected chi connectivity index (χ3v) is 3.02. The fourth-order valence-corrected chi connectivity index (χ4v) is 1.98. The van der Waals surface area contributed by atoms with Crippen LogP contribution in [0.5, 0.6) is 5.75 Å². The molecule has 1 aromatic carbocycles. The first-order chi connectivity index (χ1) is 9.13. The lowest BCUT2D eigenvalue weighted by molar-refractivity contribution is 0.416. The van der Waals surface area contributed by atoms with Crippen LogP contribution < -0.4 is 10.1 Å². The van der Waals surface area contributed by atoms with Crippen molar-refractivity contribution >= 4 is 5.69 Å². The van der Waals surface area contributed by atoms with Gasteiger partial charge in [0.2, 0.25) is 0 Å². The molecule has 19 heavy (non-hydrogen) atoms. The molecule has 0 aliphatic rings. The highest BCUT2D eigenvalue weighted by Gasteiger charge is 2.05. The number of nitrogens with one attached hydrogen (secondary N) is 1. The summed E-state index contributed by atoms with van der Waals surface area (Å²) in [6.07, 6.45) is 1.95. The number of benzene rings is 1. The van der Waals surface area contributed by atoms with E-state index in [1.54, 1.807) is 7.11 Å². The summed E-state index contributed by atoms with van der Waals surface area (Å²) in [4.78, 5) is 0. The van der Waals surface area contributed by atoms with Crippen LogP contribution in [0.3, 0.4) is 0 Å². The fourth-order valence-electron chi connectivity index (χ4n) is 1.98. The SMILES string of the molecule is COc1cc(C)ccc1NCc1cc(C#N)n(C)c1.